The molecule has 1 aromatic rings. The van der Waals surface area contributed by atoms with Gasteiger partial charge in [-0.1, -0.05) is 24.6 Å². The van der Waals surface area contributed by atoms with Crippen LogP contribution in [0.15, 0.2) is 18.2 Å². The molecule has 1 aliphatic rings. The van der Waals surface area contributed by atoms with E-state index >= 15 is 0 Å². The molecule has 114 valence electrons. The highest BCUT2D eigenvalue weighted by atomic mass is 35.5. The van der Waals surface area contributed by atoms with Crippen molar-refractivity contribution in [3.8, 4) is 0 Å². The monoisotopic (exact) mass is 308 g/mol. The maximum atomic E-state index is 12.5. The molecule has 2 amide bonds. The van der Waals surface area contributed by atoms with Crippen molar-refractivity contribution in [2.24, 2.45) is 5.41 Å². The van der Waals surface area contributed by atoms with Gasteiger partial charge in [0, 0.05) is 16.8 Å². The largest absolute Gasteiger partial charge is 0.353 e. The standard InChI is InChI=1S/C16H21ClN2O2/c1-4-11(3)18-14(20)16(7-8-16)15(21)19-13-9-12(17)6-5-10(13)2/h5-6,9,11H,4,7-8H2,1-3H3,(H,18,20)(H,19,21). The summed E-state index contributed by atoms with van der Waals surface area (Å²) in [6.07, 6.45) is 2.04. The zero-order valence-electron chi connectivity index (χ0n) is 12.6. The summed E-state index contributed by atoms with van der Waals surface area (Å²) in [5.41, 5.74) is 0.680. The van der Waals surface area contributed by atoms with E-state index in [1.54, 1.807) is 12.1 Å². The second kappa shape index (κ2) is 6.06. The Morgan fingerprint density at radius 2 is 2.00 bits per heavy atom. The number of carbonyl (C=O) groups excluding carboxylic acids is 2. The number of hydrogen-bond acceptors (Lipinski definition) is 2. The molecule has 1 atom stereocenters. The Balaban J connectivity index is 2.09. The minimum Gasteiger partial charge on any atom is -0.353 e. The summed E-state index contributed by atoms with van der Waals surface area (Å²) < 4.78 is 0. The first-order valence-electron chi connectivity index (χ1n) is 7.27. The van der Waals surface area contributed by atoms with Crippen molar-refractivity contribution in [3.63, 3.8) is 0 Å². The molecule has 0 bridgehead atoms. The summed E-state index contributed by atoms with van der Waals surface area (Å²) >= 11 is 5.95. The molecule has 21 heavy (non-hydrogen) atoms. The normalized spacial score (nSPS) is 17.0. The number of halogens is 1. The van der Waals surface area contributed by atoms with Crippen LogP contribution in [-0.2, 0) is 9.59 Å². The van der Waals surface area contributed by atoms with Gasteiger partial charge in [-0.15, -0.1) is 0 Å². The molecule has 0 spiro atoms. The number of amides is 2. The highest BCUT2D eigenvalue weighted by molar-refractivity contribution is 6.31. The van der Waals surface area contributed by atoms with Crippen molar-refractivity contribution in [2.45, 2.75) is 46.1 Å². The first kappa shape index (κ1) is 15.8. The van der Waals surface area contributed by atoms with Crippen molar-refractivity contribution in [2.75, 3.05) is 5.32 Å². The third-order valence-corrected chi connectivity index (χ3v) is 4.29. The van der Waals surface area contributed by atoms with E-state index in [0.29, 0.717) is 23.6 Å². The van der Waals surface area contributed by atoms with E-state index in [0.717, 1.165) is 12.0 Å². The quantitative estimate of drug-likeness (QED) is 0.820. The van der Waals surface area contributed by atoms with Crippen LogP contribution in [0.3, 0.4) is 0 Å². The van der Waals surface area contributed by atoms with Gasteiger partial charge in [-0.25, -0.2) is 0 Å². The van der Waals surface area contributed by atoms with E-state index < -0.39 is 5.41 Å². The zero-order valence-corrected chi connectivity index (χ0v) is 13.4. The minimum atomic E-state index is -0.905. The van der Waals surface area contributed by atoms with Gasteiger partial charge in [-0.3, -0.25) is 9.59 Å². The van der Waals surface area contributed by atoms with Crippen molar-refractivity contribution < 1.29 is 9.59 Å². The van der Waals surface area contributed by atoms with E-state index in [1.807, 2.05) is 26.8 Å². The van der Waals surface area contributed by atoms with Gasteiger partial charge in [0.1, 0.15) is 5.41 Å². The first-order valence-corrected chi connectivity index (χ1v) is 7.65. The second-order valence-corrected chi connectivity index (χ2v) is 6.21. The number of aryl methyl sites for hydroxylation is 1. The molecule has 0 heterocycles. The van der Waals surface area contributed by atoms with Crippen molar-refractivity contribution in [1.82, 2.24) is 5.32 Å². The number of anilines is 1. The molecule has 0 aromatic heterocycles. The maximum Gasteiger partial charge on any atom is 0.240 e. The Hall–Kier alpha value is -1.55. The summed E-state index contributed by atoms with van der Waals surface area (Å²) in [7, 11) is 0. The van der Waals surface area contributed by atoms with Crippen LogP contribution in [0.2, 0.25) is 5.02 Å². The van der Waals surface area contributed by atoms with Gasteiger partial charge < -0.3 is 10.6 Å². The van der Waals surface area contributed by atoms with Crippen LogP contribution in [0.25, 0.3) is 0 Å². The van der Waals surface area contributed by atoms with Gasteiger partial charge in [0.25, 0.3) is 0 Å². The Bertz CT molecular complexity index is 567. The third-order valence-electron chi connectivity index (χ3n) is 4.06. The van der Waals surface area contributed by atoms with Crippen molar-refractivity contribution in [3.05, 3.63) is 28.8 Å². The van der Waals surface area contributed by atoms with Crippen LogP contribution in [0.5, 0.6) is 0 Å². The van der Waals surface area contributed by atoms with Crippen LogP contribution >= 0.6 is 11.6 Å². The molecule has 1 unspecified atom stereocenters. The van der Waals surface area contributed by atoms with Gasteiger partial charge in [-0.2, -0.15) is 0 Å². The summed E-state index contributed by atoms with van der Waals surface area (Å²) in [5.74, 6) is -0.414. The molecule has 0 saturated heterocycles. The van der Waals surface area contributed by atoms with Gasteiger partial charge in [0.05, 0.1) is 0 Å². The number of rotatable bonds is 5. The highest BCUT2D eigenvalue weighted by Gasteiger charge is 2.56. The molecular formula is C16H21ClN2O2. The van der Waals surface area contributed by atoms with Crippen LogP contribution in [0.4, 0.5) is 5.69 Å². The van der Waals surface area contributed by atoms with Crippen LogP contribution in [-0.4, -0.2) is 17.9 Å². The summed E-state index contributed by atoms with van der Waals surface area (Å²) in [5, 5.41) is 6.30. The molecule has 1 saturated carbocycles. The lowest BCUT2D eigenvalue weighted by Crippen LogP contribution is -2.43. The topological polar surface area (TPSA) is 58.2 Å². The van der Waals surface area contributed by atoms with Gasteiger partial charge in [-0.05, 0) is 50.8 Å². The van der Waals surface area contributed by atoms with E-state index in [2.05, 4.69) is 10.6 Å². The Morgan fingerprint density at radius 1 is 1.33 bits per heavy atom. The Labute approximate surface area is 130 Å². The molecular weight excluding hydrogens is 288 g/mol. The van der Waals surface area contributed by atoms with Crippen LogP contribution < -0.4 is 10.6 Å². The second-order valence-electron chi connectivity index (χ2n) is 5.78. The number of carbonyl (C=O) groups is 2. The van der Waals surface area contributed by atoms with E-state index in [-0.39, 0.29) is 17.9 Å². The summed E-state index contributed by atoms with van der Waals surface area (Å²) in [6, 6.07) is 5.40. The summed E-state index contributed by atoms with van der Waals surface area (Å²) in [4.78, 5) is 24.7. The molecule has 1 aromatic carbocycles. The molecule has 1 aliphatic carbocycles. The SMILES string of the molecule is CCC(C)NC(=O)C1(C(=O)Nc2cc(Cl)ccc2C)CC1. The first-order chi connectivity index (χ1) is 9.89. The molecule has 0 aliphatic heterocycles. The summed E-state index contributed by atoms with van der Waals surface area (Å²) in [6.45, 7) is 5.83. The molecule has 2 rings (SSSR count). The van der Waals surface area contributed by atoms with E-state index in [9.17, 15) is 9.59 Å². The van der Waals surface area contributed by atoms with Crippen molar-refractivity contribution in [1.29, 1.82) is 0 Å². The lowest BCUT2D eigenvalue weighted by molar-refractivity contribution is -0.134. The van der Waals surface area contributed by atoms with E-state index in [4.69, 9.17) is 11.6 Å². The fourth-order valence-electron chi connectivity index (χ4n) is 2.12. The van der Waals surface area contributed by atoms with Gasteiger partial charge >= 0.3 is 0 Å². The lowest BCUT2D eigenvalue weighted by Gasteiger charge is -2.19. The predicted molar refractivity (Wildman–Crippen MR) is 84.4 cm³/mol. The van der Waals surface area contributed by atoms with Crippen molar-refractivity contribution >= 4 is 29.1 Å². The Morgan fingerprint density at radius 3 is 2.57 bits per heavy atom. The Kier molecular flexibility index (Phi) is 4.57. The van der Waals surface area contributed by atoms with Crippen LogP contribution in [0, 0.1) is 12.3 Å². The average molecular weight is 309 g/mol. The van der Waals surface area contributed by atoms with Crippen LogP contribution in [0.1, 0.15) is 38.7 Å². The number of nitrogens with one attached hydrogen (secondary N) is 2. The molecule has 2 N–H and O–H groups in total. The average Bonchev–Trinajstić information content (AvgIpc) is 3.24. The third kappa shape index (κ3) is 3.38. The molecule has 1 fully saturated rings. The molecule has 4 nitrogen and oxygen atoms in total. The lowest BCUT2D eigenvalue weighted by atomic mass is 10.0. The van der Waals surface area contributed by atoms with E-state index in [1.165, 1.54) is 0 Å². The highest BCUT2D eigenvalue weighted by Crippen LogP contribution is 2.47. The maximum absolute atomic E-state index is 12.5. The number of benzene rings is 1. The minimum absolute atomic E-state index is 0.0793. The predicted octanol–water partition coefficient (Wildman–Crippen LogP) is 3.28. The van der Waals surface area contributed by atoms with Gasteiger partial charge in [0.2, 0.25) is 11.8 Å². The smallest absolute Gasteiger partial charge is 0.240 e. The molecule has 0 radical (unpaired) electrons. The fraction of sp³-hybridized carbons (Fsp3) is 0.500. The zero-order chi connectivity index (χ0) is 15.6. The molecule has 5 heteroatoms. The van der Waals surface area contributed by atoms with Gasteiger partial charge in [0.15, 0.2) is 0 Å². The number of hydrogen-bond donors (Lipinski definition) is 2. The fourth-order valence-corrected chi connectivity index (χ4v) is 2.29.